The molecule has 1 atom stereocenters. The van der Waals surface area contributed by atoms with Crippen LogP contribution >= 0.6 is 0 Å². The summed E-state index contributed by atoms with van der Waals surface area (Å²) < 4.78 is 0. The SMILES string of the molecule is [C-]#[N+]C1CCc2nccc(Nc3ccc(-c4nc5ccc(Nc6ccncc6)cc5[nH]4)cc3)c2C1. The largest absolute Gasteiger partial charge is 0.355 e. The molecule has 0 fully saturated rings. The number of imidazole rings is 1. The number of nitrogens with one attached hydrogen (secondary N) is 3. The molecular weight excluding hydrogens is 434 g/mol. The van der Waals surface area contributed by atoms with Crippen LogP contribution in [0.2, 0.25) is 0 Å². The lowest BCUT2D eigenvalue weighted by atomic mass is 9.91. The first-order chi connectivity index (χ1) is 17.2. The normalized spacial score (nSPS) is 14.8. The summed E-state index contributed by atoms with van der Waals surface area (Å²) >= 11 is 0. The smallest absolute Gasteiger partial charge is 0.228 e. The van der Waals surface area contributed by atoms with Crippen LogP contribution in [0.5, 0.6) is 0 Å². The van der Waals surface area contributed by atoms with Gasteiger partial charge in [0.15, 0.2) is 0 Å². The number of nitrogens with zero attached hydrogens (tertiary/aromatic N) is 4. The highest BCUT2D eigenvalue weighted by Gasteiger charge is 2.25. The maximum absolute atomic E-state index is 7.41. The van der Waals surface area contributed by atoms with Crippen LogP contribution in [0.25, 0.3) is 27.3 Å². The Balaban J connectivity index is 1.21. The zero-order valence-electron chi connectivity index (χ0n) is 19.0. The number of hydrogen-bond donors (Lipinski definition) is 3. The lowest BCUT2D eigenvalue weighted by Crippen LogP contribution is -2.18. The van der Waals surface area contributed by atoms with E-state index in [-0.39, 0.29) is 6.04 Å². The van der Waals surface area contributed by atoms with E-state index in [0.717, 1.165) is 75.7 Å². The predicted octanol–water partition coefficient (Wildman–Crippen LogP) is 6.28. The van der Waals surface area contributed by atoms with Gasteiger partial charge in [0.2, 0.25) is 6.04 Å². The third-order valence-electron chi connectivity index (χ3n) is 6.37. The number of anilines is 4. The fourth-order valence-corrected chi connectivity index (χ4v) is 4.54. The maximum atomic E-state index is 7.41. The molecule has 170 valence electrons. The molecule has 1 aliphatic carbocycles. The molecule has 5 aromatic rings. The Labute approximate surface area is 203 Å². The van der Waals surface area contributed by atoms with Gasteiger partial charge in [0.1, 0.15) is 5.82 Å². The summed E-state index contributed by atoms with van der Waals surface area (Å²) in [4.78, 5) is 20.6. The molecule has 7 nitrogen and oxygen atoms in total. The van der Waals surface area contributed by atoms with Crippen LogP contribution in [-0.4, -0.2) is 26.0 Å². The third kappa shape index (κ3) is 4.30. The number of H-pyrrole nitrogens is 1. The fourth-order valence-electron chi connectivity index (χ4n) is 4.54. The number of benzene rings is 2. The first kappa shape index (κ1) is 20.9. The van der Waals surface area contributed by atoms with Crippen molar-refractivity contribution in [3.8, 4) is 11.4 Å². The van der Waals surface area contributed by atoms with Crippen LogP contribution in [0.3, 0.4) is 0 Å². The Morgan fingerprint density at radius 1 is 0.886 bits per heavy atom. The maximum Gasteiger partial charge on any atom is 0.228 e. The number of rotatable bonds is 5. The molecule has 3 aromatic heterocycles. The number of aryl methyl sites for hydroxylation is 1. The second-order valence-corrected chi connectivity index (χ2v) is 8.69. The standard InChI is InChI=1S/C28H23N7/c1-29-21-6-8-24-23(16-21)25(12-15-31-24)33-19-4-2-18(3-5-19)28-34-26-9-7-22(17-27(26)35-28)32-20-10-13-30-14-11-20/h2-5,7,9-15,17,21H,6,8,16H2,(H,30,32)(H,31,33)(H,34,35). The molecule has 3 heterocycles. The summed E-state index contributed by atoms with van der Waals surface area (Å²) in [5.41, 5.74) is 9.17. The highest BCUT2D eigenvalue weighted by molar-refractivity contribution is 5.84. The van der Waals surface area contributed by atoms with E-state index in [0.29, 0.717) is 0 Å². The average Bonchev–Trinajstić information content (AvgIpc) is 3.33. The molecule has 0 saturated carbocycles. The van der Waals surface area contributed by atoms with Crippen LogP contribution in [-0.2, 0) is 12.8 Å². The van der Waals surface area contributed by atoms with Crippen molar-refractivity contribution in [2.75, 3.05) is 10.6 Å². The third-order valence-corrected chi connectivity index (χ3v) is 6.37. The van der Waals surface area contributed by atoms with Crippen LogP contribution < -0.4 is 10.6 Å². The summed E-state index contributed by atoms with van der Waals surface area (Å²) in [6, 6.07) is 20.2. The predicted molar refractivity (Wildman–Crippen MR) is 139 cm³/mol. The van der Waals surface area contributed by atoms with Crippen LogP contribution in [0.15, 0.2) is 79.3 Å². The number of hydrogen-bond acceptors (Lipinski definition) is 5. The van der Waals surface area contributed by atoms with Gasteiger partial charge in [-0.3, -0.25) is 9.97 Å². The van der Waals surface area contributed by atoms with Gasteiger partial charge in [-0.05, 0) is 67.1 Å². The first-order valence-corrected chi connectivity index (χ1v) is 11.6. The van der Waals surface area contributed by atoms with E-state index >= 15 is 0 Å². The first-order valence-electron chi connectivity index (χ1n) is 11.6. The minimum Gasteiger partial charge on any atom is -0.355 e. The molecule has 1 aliphatic rings. The Hall–Kier alpha value is -4.70. The van der Waals surface area contributed by atoms with Gasteiger partial charge in [-0.1, -0.05) is 0 Å². The van der Waals surface area contributed by atoms with Gasteiger partial charge in [0.25, 0.3) is 0 Å². The van der Waals surface area contributed by atoms with E-state index in [2.05, 4.69) is 60.8 Å². The van der Waals surface area contributed by atoms with Gasteiger partial charge in [0, 0.05) is 64.6 Å². The van der Waals surface area contributed by atoms with Crippen molar-refractivity contribution < 1.29 is 0 Å². The number of pyridine rings is 2. The molecule has 0 aliphatic heterocycles. The Kier molecular flexibility index (Phi) is 5.32. The number of aromatic nitrogens is 4. The lowest BCUT2D eigenvalue weighted by Gasteiger charge is -2.20. The summed E-state index contributed by atoms with van der Waals surface area (Å²) in [6.45, 7) is 7.41. The Morgan fingerprint density at radius 3 is 2.51 bits per heavy atom. The number of fused-ring (bicyclic) bond motifs is 2. The molecule has 3 N–H and O–H groups in total. The molecule has 7 heteroatoms. The van der Waals surface area contributed by atoms with Crippen molar-refractivity contribution in [3.05, 3.63) is 102 Å². The molecular formula is C28H23N7. The Morgan fingerprint density at radius 2 is 1.69 bits per heavy atom. The van der Waals surface area contributed by atoms with Crippen LogP contribution in [0, 0.1) is 6.57 Å². The highest BCUT2D eigenvalue weighted by Crippen LogP contribution is 2.31. The van der Waals surface area contributed by atoms with Crippen LogP contribution in [0.4, 0.5) is 22.7 Å². The second kappa shape index (κ2) is 8.92. The number of aromatic amines is 1. The lowest BCUT2D eigenvalue weighted by molar-refractivity contribution is 0.629. The molecule has 0 spiro atoms. The van der Waals surface area contributed by atoms with Crippen LogP contribution in [0.1, 0.15) is 17.7 Å². The molecule has 35 heavy (non-hydrogen) atoms. The molecule has 0 amide bonds. The Bertz CT molecular complexity index is 1530. The summed E-state index contributed by atoms with van der Waals surface area (Å²) in [6.07, 6.45) is 7.88. The van der Waals surface area contributed by atoms with Gasteiger partial charge in [0.05, 0.1) is 17.5 Å². The summed E-state index contributed by atoms with van der Waals surface area (Å²) in [7, 11) is 0. The average molecular weight is 458 g/mol. The molecule has 0 radical (unpaired) electrons. The molecule has 1 unspecified atom stereocenters. The second-order valence-electron chi connectivity index (χ2n) is 8.69. The monoisotopic (exact) mass is 457 g/mol. The van der Waals surface area contributed by atoms with Gasteiger partial charge in [-0.2, -0.15) is 0 Å². The van der Waals surface area contributed by atoms with Crippen molar-refractivity contribution in [1.29, 1.82) is 0 Å². The zero-order valence-corrected chi connectivity index (χ0v) is 19.0. The fraction of sp³-hybridized carbons (Fsp3) is 0.143. The minimum atomic E-state index is 0.0446. The molecule has 0 bridgehead atoms. The summed E-state index contributed by atoms with van der Waals surface area (Å²) in [5, 5.41) is 6.91. The van der Waals surface area contributed by atoms with Crippen molar-refractivity contribution in [2.24, 2.45) is 0 Å². The molecule has 0 saturated heterocycles. The van der Waals surface area contributed by atoms with Crippen molar-refractivity contribution in [1.82, 2.24) is 19.9 Å². The highest BCUT2D eigenvalue weighted by atomic mass is 14.9. The van der Waals surface area contributed by atoms with Gasteiger partial charge >= 0.3 is 0 Å². The van der Waals surface area contributed by atoms with Crippen molar-refractivity contribution >= 4 is 33.8 Å². The van der Waals surface area contributed by atoms with E-state index in [9.17, 15) is 0 Å². The molecule has 2 aromatic carbocycles. The van der Waals surface area contributed by atoms with E-state index in [1.54, 1.807) is 12.4 Å². The van der Waals surface area contributed by atoms with Crippen molar-refractivity contribution in [2.45, 2.75) is 25.3 Å². The van der Waals surface area contributed by atoms with E-state index in [4.69, 9.17) is 11.6 Å². The van der Waals surface area contributed by atoms with E-state index < -0.39 is 0 Å². The molecule has 6 rings (SSSR count). The van der Waals surface area contributed by atoms with E-state index in [1.165, 1.54) is 0 Å². The van der Waals surface area contributed by atoms with Gasteiger partial charge in [-0.25, -0.2) is 11.6 Å². The minimum absolute atomic E-state index is 0.0446. The van der Waals surface area contributed by atoms with E-state index in [1.807, 2.05) is 36.5 Å². The van der Waals surface area contributed by atoms with Crippen molar-refractivity contribution in [3.63, 3.8) is 0 Å². The topological polar surface area (TPSA) is 82.9 Å². The quantitative estimate of drug-likeness (QED) is 0.270. The summed E-state index contributed by atoms with van der Waals surface area (Å²) in [5.74, 6) is 0.828. The van der Waals surface area contributed by atoms with Gasteiger partial charge < -0.3 is 20.5 Å². The zero-order chi connectivity index (χ0) is 23.6. The van der Waals surface area contributed by atoms with Gasteiger partial charge in [-0.15, -0.1) is 0 Å².